The number of nitrogens with zero attached hydrogens (tertiary/aromatic N) is 3. The molecule has 0 aliphatic carbocycles. The first-order chi connectivity index (χ1) is 9.97. The number of carboxylic acid groups (broad SMARTS) is 1. The number of urea groups is 1. The zero-order chi connectivity index (χ0) is 15.4. The lowest BCUT2D eigenvalue weighted by molar-refractivity contribution is -0.129. The van der Waals surface area contributed by atoms with Gasteiger partial charge in [0.15, 0.2) is 0 Å². The van der Waals surface area contributed by atoms with E-state index >= 15 is 0 Å². The maximum atomic E-state index is 12.1. The number of hydrogen-bond acceptors (Lipinski definition) is 4. The van der Waals surface area contributed by atoms with Gasteiger partial charge in [0.25, 0.3) is 0 Å². The Morgan fingerprint density at radius 2 is 2.10 bits per heavy atom. The maximum Gasteiger partial charge on any atom is 0.337 e. The SMILES string of the molecule is CN1CCCN(C(=O)Nc2cncc(C(=O)O)c2)CC1=O. The fourth-order valence-corrected chi connectivity index (χ4v) is 1.99. The van der Waals surface area contributed by atoms with Crippen molar-refractivity contribution in [2.45, 2.75) is 6.42 Å². The van der Waals surface area contributed by atoms with Crippen LogP contribution in [0.4, 0.5) is 10.5 Å². The molecular formula is C13H16N4O4. The molecule has 2 rings (SSSR count). The average Bonchev–Trinajstić information content (AvgIpc) is 2.61. The summed E-state index contributed by atoms with van der Waals surface area (Å²) >= 11 is 0. The molecule has 2 heterocycles. The summed E-state index contributed by atoms with van der Waals surface area (Å²) in [5, 5.41) is 11.4. The first-order valence-corrected chi connectivity index (χ1v) is 6.45. The van der Waals surface area contributed by atoms with Crippen molar-refractivity contribution in [3.05, 3.63) is 24.0 Å². The van der Waals surface area contributed by atoms with Crippen LogP contribution in [0.15, 0.2) is 18.5 Å². The van der Waals surface area contributed by atoms with Gasteiger partial charge in [-0.05, 0) is 12.5 Å². The Balaban J connectivity index is 2.05. The number of carbonyl (C=O) groups is 3. The van der Waals surface area contributed by atoms with Crippen LogP contribution < -0.4 is 5.32 Å². The number of anilines is 1. The third-order valence-electron chi connectivity index (χ3n) is 3.20. The molecule has 1 aromatic rings. The van der Waals surface area contributed by atoms with Gasteiger partial charge in [0.1, 0.15) is 6.54 Å². The third-order valence-corrected chi connectivity index (χ3v) is 3.20. The highest BCUT2D eigenvalue weighted by atomic mass is 16.4. The molecule has 1 fully saturated rings. The first kappa shape index (κ1) is 14.8. The van der Waals surface area contributed by atoms with E-state index in [9.17, 15) is 14.4 Å². The lowest BCUT2D eigenvalue weighted by atomic mass is 10.2. The molecule has 8 heteroatoms. The molecule has 0 spiro atoms. The van der Waals surface area contributed by atoms with Crippen molar-refractivity contribution < 1.29 is 19.5 Å². The Kier molecular flexibility index (Phi) is 4.36. The van der Waals surface area contributed by atoms with E-state index in [0.717, 1.165) is 0 Å². The second kappa shape index (κ2) is 6.21. The minimum atomic E-state index is -1.12. The minimum absolute atomic E-state index is 0.00832. The maximum absolute atomic E-state index is 12.1. The molecule has 8 nitrogen and oxygen atoms in total. The number of rotatable bonds is 2. The van der Waals surface area contributed by atoms with E-state index in [0.29, 0.717) is 19.5 Å². The zero-order valence-corrected chi connectivity index (χ0v) is 11.6. The van der Waals surface area contributed by atoms with Crippen molar-refractivity contribution in [1.82, 2.24) is 14.8 Å². The van der Waals surface area contributed by atoms with Crippen LogP contribution in [0.5, 0.6) is 0 Å². The van der Waals surface area contributed by atoms with E-state index in [4.69, 9.17) is 5.11 Å². The smallest absolute Gasteiger partial charge is 0.337 e. The Morgan fingerprint density at radius 1 is 1.33 bits per heavy atom. The van der Waals surface area contributed by atoms with E-state index in [-0.39, 0.29) is 23.7 Å². The molecular weight excluding hydrogens is 276 g/mol. The number of hydrogen-bond donors (Lipinski definition) is 2. The minimum Gasteiger partial charge on any atom is -0.478 e. The van der Waals surface area contributed by atoms with Crippen LogP contribution >= 0.6 is 0 Å². The number of pyridine rings is 1. The van der Waals surface area contributed by atoms with Gasteiger partial charge in [0.2, 0.25) is 5.91 Å². The van der Waals surface area contributed by atoms with Gasteiger partial charge < -0.3 is 20.2 Å². The monoisotopic (exact) mass is 292 g/mol. The molecule has 0 bridgehead atoms. The fourth-order valence-electron chi connectivity index (χ4n) is 1.99. The summed E-state index contributed by atoms with van der Waals surface area (Å²) in [5.41, 5.74) is 0.268. The third kappa shape index (κ3) is 3.68. The average molecular weight is 292 g/mol. The summed E-state index contributed by atoms with van der Waals surface area (Å²) in [6, 6.07) is 0.877. The van der Waals surface area contributed by atoms with Gasteiger partial charge in [-0.3, -0.25) is 9.78 Å². The highest BCUT2D eigenvalue weighted by Crippen LogP contribution is 2.11. The van der Waals surface area contributed by atoms with Crippen molar-refractivity contribution in [2.75, 3.05) is 32.0 Å². The largest absolute Gasteiger partial charge is 0.478 e. The Labute approximate surface area is 121 Å². The molecule has 3 amide bonds. The number of nitrogens with one attached hydrogen (secondary N) is 1. The Hall–Kier alpha value is -2.64. The lowest BCUT2D eigenvalue weighted by Crippen LogP contribution is -2.40. The van der Waals surface area contributed by atoms with Crippen LogP contribution in [0.1, 0.15) is 16.8 Å². The molecule has 1 aromatic heterocycles. The fraction of sp³-hybridized carbons (Fsp3) is 0.385. The summed E-state index contributed by atoms with van der Waals surface area (Å²) in [6.07, 6.45) is 3.25. The summed E-state index contributed by atoms with van der Waals surface area (Å²) in [6.45, 7) is 1.08. The second-order valence-corrected chi connectivity index (χ2v) is 4.79. The highest BCUT2D eigenvalue weighted by Gasteiger charge is 2.23. The standard InChI is InChI=1S/C13H16N4O4/c1-16-3-2-4-17(8-11(16)18)13(21)15-10-5-9(12(19)20)6-14-7-10/h5-7H,2-4,8H2,1H3,(H,15,21)(H,19,20). The molecule has 0 unspecified atom stereocenters. The van der Waals surface area contributed by atoms with Gasteiger partial charge in [-0.15, -0.1) is 0 Å². The van der Waals surface area contributed by atoms with Crippen LogP contribution in [0.3, 0.4) is 0 Å². The Morgan fingerprint density at radius 3 is 2.81 bits per heavy atom. The molecule has 21 heavy (non-hydrogen) atoms. The predicted octanol–water partition coefficient (Wildman–Crippen LogP) is 0.476. The molecule has 112 valence electrons. The normalized spacial score (nSPS) is 15.6. The van der Waals surface area contributed by atoms with Gasteiger partial charge in [-0.25, -0.2) is 9.59 Å². The Bertz CT molecular complexity index is 575. The topological polar surface area (TPSA) is 103 Å². The van der Waals surface area contributed by atoms with Gasteiger partial charge in [0, 0.05) is 26.3 Å². The van der Waals surface area contributed by atoms with Crippen LogP contribution in [0, 0.1) is 0 Å². The van der Waals surface area contributed by atoms with Gasteiger partial charge >= 0.3 is 12.0 Å². The zero-order valence-electron chi connectivity index (χ0n) is 11.6. The highest BCUT2D eigenvalue weighted by molar-refractivity contribution is 5.94. The summed E-state index contributed by atoms with van der Waals surface area (Å²) < 4.78 is 0. The quantitative estimate of drug-likeness (QED) is 0.825. The molecule has 1 aliphatic heterocycles. The lowest BCUT2D eigenvalue weighted by Gasteiger charge is -2.20. The second-order valence-electron chi connectivity index (χ2n) is 4.79. The van der Waals surface area contributed by atoms with Crippen LogP contribution in [0.25, 0.3) is 0 Å². The number of carboxylic acids is 1. The van der Waals surface area contributed by atoms with E-state index < -0.39 is 12.0 Å². The van der Waals surface area contributed by atoms with Crippen LogP contribution in [-0.4, -0.2) is 64.5 Å². The summed E-state index contributed by atoms with van der Waals surface area (Å²) in [7, 11) is 1.70. The van der Waals surface area contributed by atoms with Crippen molar-refractivity contribution in [1.29, 1.82) is 0 Å². The van der Waals surface area contributed by atoms with Gasteiger partial charge in [-0.1, -0.05) is 0 Å². The molecule has 0 atom stereocenters. The van der Waals surface area contributed by atoms with Crippen LogP contribution in [-0.2, 0) is 4.79 Å². The van der Waals surface area contributed by atoms with E-state index in [1.807, 2.05) is 0 Å². The number of likely N-dealkylation sites (N-methyl/N-ethyl adjacent to an activating group) is 1. The van der Waals surface area contributed by atoms with Crippen molar-refractivity contribution in [3.8, 4) is 0 Å². The number of aromatic carboxylic acids is 1. The van der Waals surface area contributed by atoms with E-state index in [1.54, 1.807) is 11.9 Å². The summed E-state index contributed by atoms with van der Waals surface area (Å²) in [5.74, 6) is -1.25. The molecule has 2 N–H and O–H groups in total. The number of aromatic nitrogens is 1. The van der Waals surface area contributed by atoms with Crippen LogP contribution in [0.2, 0.25) is 0 Å². The summed E-state index contributed by atoms with van der Waals surface area (Å²) in [4.78, 5) is 41.5. The van der Waals surface area contributed by atoms with E-state index in [2.05, 4.69) is 10.3 Å². The van der Waals surface area contributed by atoms with Crippen molar-refractivity contribution >= 4 is 23.6 Å². The van der Waals surface area contributed by atoms with Crippen molar-refractivity contribution in [2.24, 2.45) is 0 Å². The number of carbonyl (C=O) groups excluding carboxylic acids is 2. The molecule has 0 saturated carbocycles. The molecule has 0 aromatic carbocycles. The van der Waals surface area contributed by atoms with Gasteiger partial charge in [-0.2, -0.15) is 0 Å². The predicted molar refractivity (Wildman–Crippen MR) is 74.0 cm³/mol. The van der Waals surface area contributed by atoms with Crippen molar-refractivity contribution in [3.63, 3.8) is 0 Å². The number of amides is 3. The van der Waals surface area contributed by atoms with E-state index in [1.165, 1.54) is 23.4 Å². The molecule has 1 saturated heterocycles. The molecule has 0 radical (unpaired) electrons. The van der Waals surface area contributed by atoms with Gasteiger partial charge in [0.05, 0.1) is 17.4 Å². The first-order valence-electron chi connectivity index (χ1n) is 6.45. The molecule has 1 aliphatic rings.